The van der Waals surface area contributed by atoms with E-state index < -0.39 is 0 Å². The molecular formula is C12H17FN2O. The number of aryl methyl sites for hydroxylation is 1. The van der Waals surface area contributed by atoms with E-state index in [0.29, 0.717) is 30.8 Å². The van der Waals surface area contributed by atoms with Crippen LogP contribution >= 0.6 is 0 Å². The van der Waals surface area contributed by atoms with E-state index in [1.165, 1.54) is 6.07 Å². The molecule has 0 saturated heterocycles. The van der Waals surface area contributed by atoms with E-state index in [2.05, 4.69) is 0 Å². The van der Waals surface area contributed by atoms with Crippen molar-refractivity contribution in [2.45, 2.75) is 13.8 Å². The van der Waals surface area contributed by atoms with Crippen LogP contribution in [-0.4, -0.2) is 30.4 Å². The van der Waals surface area contributed by atoms with Crippen LogP contribution in [0.25, 0.3) is 0 Å². The summed E-state index contributed by atoms with van der Waals surface area (Å²) in [6.45, 7) is 5.02. The summed E-state index contributed by atoms with van der Waals surface area (Å²) in [6.07, 6.45) is 0. The fourth-order valence-corrected chi connectivity index (χ4v) is 1.47. The third-order valence-electron chi connectivity index (χ3n) is 2.49. The molecule has 0 radical (unpaired) electrons. The van der Waals surface area contributed by atoms with Crippen molar-refractivity contribution in [3.8, 4) is 0 Å². The number of rotatable bonds is 4. The Hall–Kier alpha value is -1.42. The van der Waals surface area contributed by atoms with Crippen LogP contribution in [0.4, 0.5) is 4.39 Å². The van der Waals surface area contributed by atoms with Gasteiger partial charge in [-0.1, -0.05) is 6.07 Å². The Balaban J connectivity index is 2.90. The van der Waals surface area contributed by atoms with Crippen LogP contribution in [0.1, 0.15) is 22.8 Å². The van der Waals surface area contributed by atoms with Gasteiger partial charge in [0, 0.05) is 25.2 Å². The summed E-state index contributed by atoms with van der Waals surface area (Å²) in [5.74, 6) is -0.526. The zero-order valence-electron chi connectivity index (χ0n) is 9.66. The maximum Gasteiger partial charge on any atom is 0.253 e. The molecule has 4 heteroatoms. The molecule has 3 nitrogen and oxygen atoms in total. The molecular weight excluding hydrogens is 207 g/mol. The zero-order chi connectivity index (χ0) is 12.1. The van der Waals surface area contributed by atoms with Crippen molar-refractivity contribution in [3.05, 3.63) is 35.1 Å². The number of carbonyl (C=O) groups excluding carboxylic acids is 1. The van der Waals surface area contributed by atoms with Gasteiger partial charge >= 0.3 is 0 Å². The number of benzene rings is 1. The summed E-state index contributed by atoms with van der Waals surface area (Å²) in [6, 6.07) is 4.52. The van der Waals surface area contributed by atoms with Crippen LogP contribution in [0.2, 0.25) is 0 Å². The lowest BCUT2D eigenvalue weighted by Crippen LogP contribution is -2.35. The SMILES string of the molecule is CCN(CCN)C(=O)c1ccc(C)c(F)c1. The highest BCUT2D eigenvalue weighted by Gasteiger charge is 2.14. The molecule has 0 fully saturated rings. The first-order valence-corrected chi connectivity index (χ1v) is 5.35. The molecule has 16 heavy (non-hydrogen) atoms. The highest BCUT2D eigenvalue weighted by atomic mass is 19.1. The van der Waals surface area contributed by atoms with Crippen LogP contribution in [0, 0.1) is 12.7 Å². The van der Waals surface area contributed by atoms with Gasteiger partial charge in [-0.25, -0.2) is 4.39 Å². The molecule has 2 N–H and O–H groups in total. The average Bonchev–Trinajstić information content (AvgIpc) is 2.28. The van der Waals surface area contributed by atoms with Crippen LogP contribution < -0.4 is 5.73 Å². The fraction of sp³-hybridized carbons (Fsp3) is 0.417. The first kappa shape index (κ1) is 12.6. The van der Waals surface area contributed by atoms with Gasteiger partial charge in [-0.05, 0) is 31.5 Å². The minimum atomic E-state index is -0.352. The summed E-state index contributed by atoms with van der Waals surface area (Å²) >= 11 is 0. The predicted octanol–water partition coefficient (Wildman–Crippen LogP) is 1.55. The summed E-state index contributed by atoms with van der Waals surface area (Å²) < 4.78 is 13.3. The second-order valence-electron chi connectivity index (χ2n) is 3.64. The van der Waals surface area contributed by atoms with E-state index in [1.807, 2.05) is 6.92 Å². The Morgan fingerprint density at radius 1 is 1.50 bits per heavy atom. The molecule has 0 saturated carbocycles. The van der Waals surface area contributed by atoms with Crippen LogP contribution in [0.5, 0.6) is 0 Å². The van der Waals surface area contributed by atoms with Crippen molar-refractivity contribution in [1.82, 2.24) is 4.90 Å². The number of nitrogens with zero attached hydrogens (tertiary/aromatic N) is 1. The maximum absolute atomic E-state index is 13.3. The number of likely N-dealkylation sites (N-methyl/N-ethyl adjacent to an activating group) is 1. The number of halogens is 1. The molecule has 0 atom stereocenters. The largest absolute Gasteiger partial charge is 0.338 e. The minimum absolute atomic E-state index is 0.174. The molecule has 1 amide bonds. The van der Waals surface area contributed by atoms with Crippen molar-refractivity contribution < 1.29 is 9.18 Å². The summed E-state index contributed by atoms with van der Waals surface area (Å²) in [7, 11) is 0. The Bertz CT molecular complexity index is 379. The normalized spacial score (nSPS) is 10.2. The molecule has 0 bridgehead atoms. The Labute approximate surface area is 95.0 Å². The highest BCUT2D eigenvalue weighted by molar-refractivity contribution is 5.94. The Morgan fingerprint density at radius 3 is 2.69 bits per heavy atom. The summed E-state index contributed by atoms with van der Waals surface area (Å²) in [5, 5.41) is 0. The van der Waals surface area contributed by atoms with Crippen molar-refractivity contribution in [1.29, 1.82) is 0 Å². The van der Waals surface area contributed by atoms with Crippen LogP contribution in [-0.2, 0) is 0 Å². The Kier molecular flexibility index (Phi) is 4.43. The van der Waals surface area contributed by atoms with Gasteiger partial charge in [0.15, 0.2) is 0 Å². The quantitative estimate of drug-likeness (QED) is 0.843. The second-order valence-corrected chi connectivity index (χ2v) is 3.64. The maximum atomic E-state index is 13.3. The third-order valence-corrected chi connectivity index (χ3v) is 2.49. The minimum Gasteiger partial charge on any atom is -0.338 e. The standard InChI is InChI=1S/C12H17FN2O/c1-3-15(7-6-14)12(16)10-5-4-9(2)11(13)8-10/h4-5,8H,3,6-7,14H2,1-2H3. The molecule has 0 aromatic heterocycles. The van der Waals surface area contributed by atoms with Gasteiger partial charge in [0.2, 0.25) is 0 Å². The van der Waals surface area contributed by atoms with Gasteiger partial charge in [0.05, 0.1) is 0 Å². The first-order valence-electron chi connectivity index (χ1n) is 5.35. The number of amides is 1. The lowest BCUT2D eigenvalue weighted by atomic mass is 10.1. The lowest BCUT2D eigenvalue weighted by molar-refractivity contribution is 0.0768. The molecule has 0 heterocycles. The molecule has 0 aliphatic rings. The third kappa shape index (κ3) is 2.79. The van der Waals surface area contributed by atoms with Crippen molar-refractivity contribution in [2.75, 3.05) is 19.6 Å². The van der Waals surface area contributed by atoms with Gasteiger partial charge in [-0.15, -0.1) is 0 Å². The van der Waals surface area contributed by atoms with Gasteiger partial charge in [0.1, 0.15) is 5.82 Å². The molecule has 0 aliphatic heterocycles. The monoisotopic (exact) mass is 224 g/mol. The van der Waals surface area contributed by atoms with Gasteiger partial charge in [0.25, 0.3) is 5.91 Å². The van der Waals surface area contributed by atoms with E-state index in [1.54, 1.807) is 24.0 Å². The highest BCUT2D eigenvalue weighted by Crippen LogP contribution is 2.11. The van der Waals surface area contributed by atoms with Crippen LogP contribution in [0.3, 0.4) is 0 Å². The number of nitrogens with two attached hydrogens (primary N) is 1. The Morgan fingerprint density at radius 2 is 2.19 bits per heavy atom. The molecule has 1 rings (SSSR count). The summed E-state index contributed by atoms with van der Waals surface area (Å²) in [4.78, 5) is 13.5. The first-order chi connectivity index (χ1) is 7.60. The number of hydrogen-bond donors (Lipinski definition) is 1. The topological polar surface area (TPSA) is 46.3 Å². The molecule has 0 spiro atoms. The fourth-order valence-electron chi connectivity index (χ4n) is 1.47. The second kappa shape index (κ2) is 5.61. The van der Waals surface area contributed by atoms with E-state index in [0.717, 1.165) is 0 Å². The lowest BCUT2D eigenvalue weighted by Gasteiger charge is -2.20. The average molecular weight is 224 g/mol. The van der Waals surface area contributed by atoms with E-state index in [9.17, 15) is 9.18 Å². The van der Waals surface area contributed by atoms with Gasteiger partial charge in [-0.2, -0.15) is 0 Å². The molecule has 1 aromatic carbocycles. The van der Waals surface area contributed by atoms with Crippen molar-refractivity contribution in [2.24, 2.45) is 5.73 Å². The predicted molar refractivity (Wildman–Crippen MR) is 61.8 cm³/mol. The van der Waals surface area contributed by atoms with E-state index >= 15 is 0 Å². The van der Waals surface area contributed by atoms with Crippen molar-refractivity contribution in [3.63, 3.8) is 0 Å². The van der Waals surface area contributed by atoms with Crippen molar-refractivity contribution >= 4 is 5.91 Å². The number of carbonyl (C=O) groups is 1. The zero-order valence-corrected chi connectivity index (χ0v) is 9.66. The molecule has 1 aromatic rings. The molecule has 88 valence electrons. The molecule has 0 unspecified atom stereocenters. The van der Waals surface area contributed by atoms with Crippen LogP contribution in [0.15, 0.2) is 18.2 Å². The number of hydrogen-bond acceptors (Lipinski definition) is 2. The molecule has 0 aliphatic carbocycles. The smallest absolute Gasteiger partial charge is 0.253 e. The van der Waals surface area contributed by atoms with E-state index in [-0.39, 0.29) is 11.7 Å². The van der Waals surface area contributed by atoms with Gasteiger partial charge < -0.3 is 10.6 Å². The van der Waals surface area contributed by atoms with E-state index in [4.69, 9.17) is 5.73 Å². The summed E-state index contributed by atoms with van der Waals surface area (Å²) in [5.41, 5.74) is 6.32. The van der Waals surface area contributed by atoms with Gasteiger partial charge in [-0.3, -0.25) is 4.79 Å².